The number of halogens is 3. The van der Waals surface area contributed by atoms with Crippen molar-refractivity contribution < 1.29 is 13.5 Å². The standard InChI is InChI=1S/C8H8BrF2NO/c9-5-1-2-7(6(12)3-5)13-4-8(10)11/h1-3,8H,4,12H2. The molecule has 13 heavy (non-hydrogen) atoms. The number of anilines is 1. The molecule has 1 rings (SSSR count). The van der Waals surface area contributed by atoms with Crippen LogP contribution in [0.15, 0.2) is 22.7 Å². The van der Waals surface area contributed by atoms with Gasteiger partial charge in [-0.05, 0) is 18.2 Å². The van der Waals surface area contributed by atoms with Crippen LogP contribution in [0.1, 0.15) is 0 Å². The number of nitrogen functional groups attached to an aromatic ring is 1. The van der Waals surface area contributed by atoms with Gasteiger partial charge in [0.05, 0.1) is 5.69 Å². The van der Waals surface area contributed by atoms with Crippen LogP contribution < -0.4 is 10.5 Å². The number of ether oxygens (including phenoxy) is 1. The number of hydrogen-bond acceptors (Lipinski definition) is 2. The molecule has 0 heterocycles. The molecular formula is C8H8BrF2NO. The Balaban J connectivity index is 2.67. The first kappa shape index (κ1) is 10.2. The van der Waals surface area contributed by atoms with E-state index in [1.54, 1.807) is 18.2 Å². The lowest BCUT2D eigenvalue weighted by Crippen LogP contribution is -2.08. The van der Waals surface area contributed by atoms with Gasteiger partial charge in [0, 0.05) is 4.47 Å². The molecule has 0 aliphatic heterocycles. The molecule has 2 nitrogen and oxygen atoms in total. The topological polar surface area (TPSA) is 35.2 Å². The van der Waals surface area contributed by atoms with Crippen molar-refractivity contribution in [1.82, 2.24) is 0 Å². The fraction of sp³-hybridized carbons (Fsp3) is 0.250. The summed E-state index contributed by atoms with van der Waals surface area (Å²) in [5.41, 5.74) is 5.85. The summed E-state index contributed by atoms with van der Waals surface area (Å²) in [4.78, 5) is 0. The minimum atomic E-state index is -2.48. The monoisotopic (exact) mass is 251 g/mol. The highest BCUT2D eigenvalue weighted by Crippen LogP contribution is 2.25. The number of nitrogens with two attached hydrogens (primary N) is 1. The van der Waals surface area contributed by atoms with Gasteiger partial charge in [-0.3, -0.25) is 0 Å². The summed E-state index contributed by atoms with van der Waals surface area (Å²) in [5.74, 6) is 0.281. The number of rotatable bonds is 3. The highest BCUT2D eigenvalue weighted by molar-refractivity contribution is 9.10. The maximum atomic E-state index is 11.8. The van der Waals surface area contributed by atoms with Crippen LogP contribution in [-0.4, -0.2) is 13.0 Å². The summed E-state index contributed by atoms with van der Waals surface area (Å²) in [7, 11) is 0. The van der Waals surface area contributed by atoms with Crippen molar-refractivity contribution in [2.75, 3.05) is 12.3 Å². The molecule has 2 N–H and O–H groups in total. The maximum absolute atomic E-state index is 11.8. The van der Waals surface area contributed by atoms with Crippen LogP contribution in [0, 0.1) is 0 Å². The van der Waals surface area contributed by atoms with Gasteiger partial charge >= 0.3 is 0 Å². The third-order valence-corrected chi connectivity index (χ3v) is 1.83. The Morgan fingerprint density at radius 3 is 2.69 bits per heavy atom. The first-order chi connectivity index (χ1) is 6.09. The van der Waals surface area contributed by atoms with E-state index in [0.29, 0.717) is 5.69 Å². The molecule has 0 unspecified atom stereocenters. The van der Waals surface area contributed by atoms with Crippen LogP contribution >= 0.6 is 15.9 Å². The van der Waals surface area contributed by atoms with Gasteiger partial charge in [-0.2, -0.15) is 0 Å². The molecule has 72 valence electrons. The number of hydrogen-bond donors (Lipinski definition) is 1. The zero-order valence-corrected chi connectivity index (χ0v) is 8.22. The fourth-order valence-corrected chi connectivity index (χ4v) is 1.18. The third kappa shape index (κ3) is 3.18. The van der Waals surface area contributed by atoms with Gasteiger partial charge in [-0.15, -0.1) is 0 Å². The second kappa shape index (κ2) is 4.41. The molecule has 0 saturated carbocycles. The molecule has 0 aliphatic rings. The van der Waals surface area contributed by atoms with Gasteiger partial charge < -0.3 is 10.5 Å². The largest absolute Gasteiger partial charge is 0.485 e. The highest BCUT2D eigenvalue weighted by atomic mass is 79.9. The lowest BCUT2D eigenvalue weighted by molar-refractivity contribution is 0.0823. The van der Waals surface area contributed by atoms with Gasteiger partial charge in [0.2, 0.25) is 0 Å². The molecular weight excluding hydrogens is 244 g/mol. The summed E-state index contributed by atoms with van der Waals surface area (Å²) >= 11 is 3.19. The molecule has 1 aromatic carbocycles. The Bertz CT molecular complexity index is 293. The molecule has 0 aliphatic carbocycles. The average molecular weight is 252 g/mol. The Morgan fingerprint density at radius 1 is 1.46 bits per heavy atom. The third-order valence-electron chi connectivity index (χ3n) is 1.34. The van der Waals surface area contributed by atoms with Crippen LogP contribution in [0.2, 0.25) is 0 Å². The Kier molecular flexibility index (Phi) is 3.48. The van der Waals surface area contributed by atoms with Gasteiger partial charge in [0.1, 0.15) is 12.4 Å². The lowest BCUT2D eigenvalue weighted by Gasteiger charge is -2.07. The molecule has 0 fully saturated rings. The van der Waals surface area contributed by atoms with Crippen molar-refractivity contribution in [1.29, 1.82) is 0 Å². The minimum absolute atomic E-state index is 0.281. The van der Waals surface area contributed by atoms with E-state index in [0.717, 1.165) is 4.47 Å². The quantitative estimate of drug-likeness (QED) is 0.839. The van der Waals surface area contributed by atoms with Crippen LogP contribution in [0.4, 0.5) is 14.5 Å². The highest BCUT2D eigenvalue weighted by Gasteiger charge is 2.05. The van der Waals surface area contributed by atoms with Gasteiger partial charge in [-0.25, -0.2) is 8.78 Å². The van der Waals surface area contributed by atoms with E-state index in [2.05, 4.69) is 15.9 Å². The smallest absolute Gasteiger partial charge is 0.272 e. The van der Waals surface area contributed by atoms with Crippen molar-refractivity contribution in [3.05, 3.63) is 22.7 Å². The molecule has 5 heteroatoms. The lowest BCUT2D eigenvalue weighted by atomic mass is 10.3. The second-order valence-electron chi connectivity index (χ2n) is 2.38. The van der Waals surface area contributed by atoms with Crippen molar-refractivity contribution in [3.63, 3.8) is 0 Å². The van der Waals surface area contributed by atoms with Crippen LogP contribution in [0.3, 0.4) is 0 Å². The number of benzene rings is 1. The van der Waals surface area contributed by atoms with Crippen molar-refractivity contribution in [3.8, 4) is 5.75 Å². The van der Waals surface area contributed by atoms with Gasteiger partial charge in [-0.1, -0.05) is 15.9 Å². The van der Waals surface area contributed by atoms with E-state index >= 15 is 0 Å². The van der Waals surface area contributed by atoms with Gasteiger partial charge in [0.25, 0.3) is 6.43 Å². The predicted molar refractivity (Wildman–Crippen MR) is 50.1 cm³/mol. The van der Waals surface area contributed by atoms with Crippen LogP contribution in [0.25, 0.3) is 0 Å². The van der Waals surface area contributed by atoms with Crippen molar-refractivity contribution in [2.45, 2.75) is 6.43 Å². The molecule has 0 saturated heterocycles. The van der Waals surface area contributed by atoms with Crippen LogP contribution in [0.5, 0.6) is 5.75 Å². The van der Waals surface area contributed by atoms with E-state index < -0.39 is 13.0 Å². The SMILES string of the molecule is Nc1cc(Br)ccc1OCC(F)F. The van der Waals surface area contributed by atoms with E-state index in [4.69, 9.17) is 10.5 Å². The molecule has 0 radical (unpaired) electrons. The van der Waals surface area contributed by atoms with Gasteiger partial charge in [0.15, 0.2) is 0 Å². The molecule has 0 atom stereocenters. The number of alkyl halides is 2. The summed E-state index contributed by atoms with van der Waals surface area (Å²) in [5, 5.41) is 0. The Labute approximate surface area is 82.8 Å². The summed E-state index contributed by atoms with van der Waals surface area (Å²) < 4.78 is 29.1. The first-order valence-electron chi connectivity index (χ1n) is 3.55. The van der Waals surface area contributed by atoms with Crippen LogP contribution in [-0.2, 0) is 0 Å². The van der Waals surface area contributed by atoms with E-state index in [-0.39, 0.29) is 5.75 Å². The van der Waals surface area contributed by atoms with E-state index in [9.17, 15) is 8.78 Å². The molecule has 0 bridgehead atoms. The molecule has 1 aromatic rings. The van der Waals surface area contributed by atoms with Crippen molar-refractivity contribution in [2.24, 2.45) is 0 Å². The first-order valence-corrected chi connectivity index (χ1v) is 4.35. The van der Waals surface area contributed by atoms with E-state index in [1.807, 2.05) is 0 Å². The normalized spacial score (nSPS) is 10.5. The van der Waals surface area contributed by atoms with E-state index in [1.165, 1.54) is 0 Å². The average Bonchev–Trinajstić information content (AvgIpc) is 2.02. The summed E-state index contributed by atoms with van der Waals surface area (Å²) in [6, 6.07) is 4.82. The zero-order chi connectivity index (χ0) is 9.84. The fourth-order valence-electron chi connectivity index (χ4n) is 0.804. The van der Waals surface area contributed by atoms with Crippen molar-refractivity contribution >= 4 is 21.6 Å². The second-order valence-corrected chi connectivity index (χ2v) is 3.30. The Hall–Kier alpha value is -0.840. The molecule has 0 amide bonds. The molecule has 0 spiro atoms. The Morgan fingerprint density at radius 2 is 2.15 bits per heavy atom. The summed E-state index contributed by atoms with van der Waals surface area (Å²) in [6.07, 6.45) is -2.48. The summed E-state index contributed by atoms with van der Waals surface area (Å²) in [6.45, 7) is -0.633. The predicted octanol–water partition coefficient (Wildman–Crippen LogP) is 2.68. The maximum Gasteiger partial charge on any atom is 0.272 e. The minimum Gasteiger partial charge on any atom is -0.485 e. The zero-order valence-electron chi connectivity index (χ0n) is 6.64. The molecule has 0 aromatic heterocycles.